The summed E-state index contributed by atoms with van der Waals surface area (Å²) >= 11 is 0. The van der Waals surface area contributed by atoms with Crippen LogP contribution in [0.15, 0.2) is 158 Å². The summed E-state index contributed by atoms with van der Waals surface area (Å²) in [5.74, 6) is 0. The monoisotopic (exact) mass is 572 g/mol. The third-order valence-electron chi connectivity index (χ3n) is 10.1. The molecule has 0 radical (unpaired) electrons. The van der Waals surface area contributed by atoms with Gasteiger partial charge < -0.3 is 0 Å². The average molecular weight is 573 g/mol. The Morgan fingerprint density at radius 1 is 0.289 bits per heavy atom. The minimum absolute atomic E-state index is 0.0507. The molecule has 8 aromatic carbocycles. The van der Waals surface area contributed by atoms with E-state index in [2.05, 4.69) is 172 Å². The normalized spacial score (nSPS) is 13.3. The molecule has 0 heteroatoms. The molecule has 212 valence electrons. The molecule has 0 aromatic heterocycles. The van der Waals surface area contributed by atoms with Gasteiger partial charge in [-0.05, 0) is 88.0 Å². The lowest BCUT2D eigenvalue weighted by Gasteiger charge is -2.23. The summed E-state index contributed by atoms with van der Waals surface area (Å²) in [6.45, 7) is 4.73. The molecule has 0 bridgehead atoms. The van der Waals surface area contributed by atoms with E-state index < -0.39 is 0 Å². The number of hydrogen-bond acceptors (Lipinski definition) is 0. The molecule has 0 saturated carbocycles. The smallest absolute Gasteiger partial charge is 0.0159 e. The van der Waals surface area contributed by atoms with Gasteiger partial charge in [-0.15, -0.1) is 0 Å². The van der Waals surface area contributed by atoms with E-state index in [9.17, 15) is 0 Å². The van der Waals surface area contributed by atoms with E-state index >= 15 is 0 Å². The number of rotatable bonds is 3. The first-order valence-electron chi connectivity index (χ1n) is 15.9. The molecule has 45 heavy (non-hydrogen) atoms. The van der Waals surface area contributed by atoms with Crippen molar-refractivity contribution in [3.63, 3.8) is 0 Å². The number of fused-ring (bicyclic) bond motifs is 6. The van der Waals surface area contributed by atoms with Crippen molar-refractivity contribution in [1.82, 2.24) is 0 Å². The third kappa shape index (κ3) is 3.72. The molecule has 0 saturated heterocycles. The van der Waals surface area contributed by atoms with Crippen LogP contribution in [0.1, 0.15) is 25.0 Å². The zero-order valence-electron chi connectivity index (χ0n) is 25.5. The van der Waals surface area contributed by atoms with Crippen molar-refractivity contribution in [2.45, 2.75) is 19.3 Å². The summed E-state index contributed by atoms with van der Waals surface area (Å²) < 4.78 is 0. The first-order chi connectivity index (χ1) is 22.1. The Morgan fingerprint density at radius 2 is 0.711 bits per heavy atom. The quantitative estimate of drug-likeness (QED) is 0.185. The van der Waals surface area contributed by atoms with Gasteiger partial charge in [0.25, 0.3) is 0 Å². The van der Waals surface area contributed by atoms with E-state index in [1.54, 1.807) is 0 Å². The van der Waals surface area contributed by atoms with Crippen molar-refractivity contribution in [2.24, 2.45) is 0 Å². The van der Waals surface area contributed by atoms with Gasteiger partial charge in [0.15, 0.2) is 0 Å². The van der Waals surface area contributed by atoms with Crippen LogP contribution in [0.2, 0.25) is 0 Å². The third-order valence-corrected chi connectivity index (χ3v) is 10.1. The van der Waals surface area contributed by atoms with E-state index in [0.29, 0.717) is 0 Å². The predicted octanol–water partition coefficient (Wildman–Crippen LogP) is 12.5. The van der Waals surface area contributed by atoms with Crippen LogP contribution in [0.3, 0.4) is 0 Å². The highest BCUT2D eigenvalue weighted by atomic mass is 14.4. The molecule has 8 aromatic rings. The van der Waals surface area contributed by atoms with Crippen molar-refractivity contribution >= 4 is 32.3 Å². The molecule has 1 aliphatic rings. The van der Waals surface area contributed by atoms with Crippen LogP contribution in [0, 0.1) is 0 Å². The van der Waals surface area contributed by atoms with Crippen molar-refractivity contribution in [3.05, 3.63) is 169 Å². The van der Waals surface area contributed by atoms with Crippen LogP contribution in [-0.2, 0) is 5.41 Å². The predicted molar refractivity (Wildman–Crippen MR) is 193 cm³/mol. The summed E-state index contributed by atoms with van der Waals surface area (Å²) in [6, 6.07) is 58.3. The van der Waals surface area contributed by atoms with Crippen LogP contribution in [-0.4, -0.2) is 0 Å². The Morgan fingerprint density at radius 3 is 1.40 bits per heavy atom. The molecular weight excluding hydrogens is 540 g/mol. The van der Waals surface area contributed by atoms with Crippen LogP contribution in [0.25, 0.3) is 76.8 Å². The Kier molecular flexibility index (Phi) is 5.64. The molecule has 0 aliphatic heterocycles. The molecule has 0 unspecified atom stereocenters. The average Bonchev–Trinajstić information content (AvgIpc) is 3.33. The Balaban J connectivity index is 1.40. The van der Waals surface area contributed by atoms with Gasteiger partial charge in [0.2, 0.25) is 0 Å². The van der Waals surface area contributed by atoms with Gasteiger partial charge >= 0.3 is 0 Å². The minimum Gasteiger partial charge on any atom is -0.0619 e. The minimum atomic E-state index is -0.0507. The fourth-order valence-corrected chi connectivity index (χ4v) is 8.07. The lowest BCUT2D eigenvalue weighted by atomic mass is 9.80. The Bertz CT molecular complexity index is 2390. The van der Waals surface area contributed by atoms with Crippen LogP contribution >= 0.6 is 0 Å². The summed E-state index contributed by atoms with van der Waals surface area (Å²) in [4.78, 5) is 0. The highest BCUT2D eigenvalue weighted by Gasteiger charge is 2.37. The fraction of sp³-hybridized carbons (Fsp3) is 0.0667. The maximum Gasteiger partial charge on any atom is 0.0159 e. The summed E-state index contributed by atoms with van der Waals surface area (Å²) in [5.41, 5.74) is 13.2. The maximum atomic E-state index is 2.37. The highest BCUT2D eigenvalue weighted by Crippen LogP contribution is 2.54. The lowest BCUT2D eigenvalue weighted by molar-refractivity contribution is 0.660. The molecule has 0 amide bonds. The van der Waals surface area contributed by atoms with E-state index in [-0.39, 0.29) is 5.41 Å². The van der Waals surface area contributed by atoms with E-state index in [1.807, 2.05) is 0 Å². The van der Waals surface area contributed by atoms with Gasteiger partial charge in [0.1, 0.15) is 0 Å². The second-order valence-corrected chi connectivity index (χ2v) is 12.8. The number of hydrogen-bond donors (Lipinski definition) is 0. The maximum absolute atomic E-state index is 2.37. The molecule has 9 rings (SSSR count). The van der Waals surface area contributed by atoms with Crippen LogP contribution in [0.4, 0.5) is 0 Å². The fourth-order valence-electron chi connectivity index (χ4n) is 8.07. The molecule has 0 spiro atoms. The standard InChI is InChI=1S/C45H32/c1-45(2)40-27-12-11-24-38(40)44-39(26-14-28-41(44)45)43-36-22-9-7-20-34(36)42(35-21-8-10-23-37(35)43)33-19-6-5-18-32(33)31-25-13-16-29-15-3-4-17-30(29)31/h3-28H,1-2H3. The first kappa shape index (κ1) is 26.0. The van der Waals surface area contributed by atoms with Crippen molar-refractivity contribution in [1.29, 1.82) is 0 Å². The SMILES string of the molecule is CC1(C)c2ccccc2-c2c(-c3c4ccccc4c(-c4ccccc4-c4cccc5ccccc45)c4ccccc34)cccc21. The van der Waals surface area contributed by atoms with Gasteiger partial charge in [-0.25, -0.2) is 0 Å². The number of benzene rings is 8. The van der Waals surface area contributed by atoms with Gasteiger partial charge in [-0.1, -0.05) is 172 Å². The molecule has 0 heterocycles. The van der Waals surface area contributed by atoms with Crippen molar-refractivity contribution in [3.8, 4) is 44.5 Å². The highest BCUT2D eigenvalue weighted by molar-refractivity contribution is 6.24. The van der Waals surface area contributed by atoms with Gasteiger partial charge in [0.05, 0.1) is 0 Å². The summed E-state index contributed by atoms with van der Waals surface area (Å²) in [5, 5.41) is 7.67. The molecule has 1 aliphatic carbocycles. The lowest BCUT2D eigenvalue weighted by Crippen LogP contribution is -2.14. The van der Waals surface area contributed by atoms with Crippen molar-refractivity contribution < 1.29 is 0 Å². The Labute approximate surface area is 264 Å². The van der Waals surface area contributed by atoms with Gasteiger partial charge in [-0.3, -0.25) is 0 Å². The van der Waals surface area contributed by atoms with E-state index in [0.717, 1.165) is 0 Å². The molecule has 0 N–H and O–H groups in total. The summed E-state index contributed by atoms with van der Waals surface area (Å²) in [6.07, 6.45) is 0. The van der Waals surface area contributed by atoms with Crippen LogP contribution in [0.5, 0.6) is 0 Å². The van der Waals surface area contributed by atoms with Crippen molar-refractivity contribution in [2.75, 3.05) is 0 Å². The zero-order chi connectivity index (χ0) is 30.1. The topological polar surface area (TPSA) is 0 Å². The summed E-state index contributed by atoms with van der Waals surface area (Å²) in [7, 11) is 0. The molecule has 0 fully saturated rings. The van der Waals surface area contributed by atoms with E-state index in [1.165, 1.54) is 88.0 Å². The van der Waals surface area contributed by atoms with E-state index in [4.69, 9.17) is 0 Å². The zero-order valence-corrected chi connectivity index (χ0v) is 25.5. The molecule has 0 atom stereocenters. The molecular formula is C45H32. The Hall–Kier alpha value is -5.46. The molecule has 0 nitrogen and oxygen atoms in total. The second kappa shape index (κ2) is 9.78. The van der Waals surface area contributed by atoms with Gasteiger partial charge in [-0.2, -0.15) is 0 Å². The second-order valence-electron chi connectivity index (χ2n) is 12.8. The van der Waals surface area contributed by atoms with Crippen LogP contribution < -0.4 is 0 Å². The first-order valence-corrected chi connectivity index (χ1v) is 15.9. The van der Waals surface area contributed by atoms with Gasteiger partial charge in [0, 0.05) is 5.41 Å². The largest absolute Gasteiger partial charge is 0.0619 e.